The number of halogens is 2. The van der Waals surface area contributed by atoms with Crippen molar-refractivity contribution in [3.8, 4) is 0 Å². The maximum atomic E-state index is 11.8. The molecule has 17 heavy (non-hydrogen) atoms. The lowest BCUT2D eigenvalue weighted by Gasteiger charge is -2.16. The van der Waals surface area contributed by atoms with Crippen LogP contribution in [0, 0.1) is 6.57 Å². The molecule has 1 unspecified atom stereocenters. The Morgan fingerprint density at radius 2 is 2.24 bits per heavy atom. The molecule has 0 radical (unpaired) electrons. The van der Waals surface area contributed by atoms with E-state index in [1.807, 2.05) is 0 Å². The van der Waals surface area contributed by atoms with Gasteiger partial charge in [0.2, 0.25) is 0 Å². The molecule has 0 aliphatic rings. The van der Waals surface area contributed by atoms with E-state index in [4.69, 9.17) is 34.5 Å². The van der Waals surface area contributed by atoms with Gasteiger partial charge in [0.15, 0.2) is 10.3 Å². The molecule has 0 aliphatic carbocycles. The van der Waals surface area contributed by atoms with Crippen molar-refractivity contribution in [1.82, 2.24) is 10.2 Å². The molecule has 1 heterocycles. The van der Waals surface area contributed by atoms with Crippen LogP contribution in [0.15, 0.2) is 6.07 Å². The minimum atomic E-state index is -1.56. The molecular weight excluding hydrogens is 265 g/mol. The van der Waals surface area contributed by atoms with Crippen molar-refractivity contribution in [3.63, 3.8) is 0 Å². The van der Waals surface area contributed by atoms with Crippen LogP contribution in [0.5, 0.6) is 0 Å². The van der Waals surface area contributed by atoms with E-state index in [1.165, 1.54) is 13.0 Å². The zero-order chi connectivity index (χ0) is 13.1. The topological polar surface area (TPSA) is 56.4 Å². The number of carbonyl (C=O) groups excluding carboxylic acids is 1. The number of aromatic nitrogens is 2. The molecule has 1 atom stereocenters. The van der Waals surface area contributed by atoms with Crippen LogP contribution in [-0.4, -0.2) is 22.8 Å². The predicted octanol–water partition coefficient (Wildman–Crippen LogP) is 2.48. The van der Waals surface area contributed by atoms with Crippen LogP contribution in [0.25, 0.3) is 4.85 Å². The summed E-state index contributed by atoms with van der Waals surface area (Å²) in [5.74, 6) is -0.694. The lowest BCUT2D eigenvalue weighted by Crippen LogP contribution is -2.31. The lowest BCUT2D eigenvalue weighted by molar-refractivity contribution is -0.147. The second kappa shape index (κ2) is 5.30. The Morgan fingerprint density at radius 1 is 1.59 bits per heavy atom. The molecule has 0 aliphatic heterocycles. The van der Waals surface area contributed by atoms with Crippen molar-refractivity contribution < 1.29 is 9.53 Å². The van der Waals surface area contributed by atoms with Gasteiger partial charge in [0, 0.05) is 6.92 Å². The van der Waals surface area contributed by atoms with Crippen molar-refractivity contribution in [3.05, 3.63) is 33.4 Å². The Hall–Kier alpha value is -1.38. The highest BCUT2D eigenvalue weighted by Gasteiger charge is 2.46. The molecule has 0 N–H and O–H groups in total. The quantitative estimate of drug-likeness (QED) is 0.627. The van der Waals surface area contributed by atoms with E-state index in [0.717, 1.165) is 0 Å². The van der Waals surface area contributed by atoms with Gasteiger partial charge in [-0.3, -0.25) is 4.85 Å². The molecule has 1 aromatic heterocycles. The monoisotopic (exact) mass is 273 g/mol. The van der Waals surface area contributed by atoms with Crippen molar-refractivity contribution in [2.24, 2.45) is 0 Å². The Balaban J connectivity index is 3.31. The number of carbonyl (C=O) groups is 1. The van der Waals surface area contributed by atoms with Crippen molar-refractivity contribution in [2.45, 2.75) is 19.4 Å². The van der Waals surface area contributed by atoms with Crippen LogP contribution in [0.1, 0.15) is 19.4 Å². The molecule has 7 heteroatoms. The van der Waals surface area contributed by atoms with Gasteiger partial charge in [-0.25, -0.2) is 11.4 Å². The van der Waals surface area contributed by atoms with Gasteiger partial charge in [0.1, 0.15) is 0 Å². The summed E-state index contributed by atoms with van der Waals surface area (Å²) in [5.41, 5.74) is -1.38. The molecule has 0 saturated carbocycles. The molecule has 1 rings (SSSR count). The van der Waals surface area contributed by atoms with E-state index in [0.29, 0.717) is 0 Å². The Labute approximate surface area is 109 Å². The van der Waals surface area contributed by atoms with Crippen LogP contribution in [-0.2, 0) is 15.1 Å². The molecule has 90 valence electrons. The van der Waals surface area contributed by atoms with Gasteiger partial charge >= 0.3 is 11.5 Å². The minimum absolute atomic E-state index is 0.0408. The van der Waals surface area contributed by atoms with Gasteiger partial charge in [0.05, 0.1) is 12.2 Å². The summed E-state index contributed by atoms with van der Waals surface area (Å²) in [6, 6.07) is 1.34. The van der Waals surface area contributed by atoms with Gasteiger partial charge in [-0.15, -0.1) is 10.2 Å². The van der Waals surface area contributed by atoms with E-state index in [9.17, 15) is 4.79 Å². The Morgan fingerprint density at radius 3 is 2.76 bits per heavy atom. The average molecular weight is 274 g/mol. The predicted molar refractivity (Wildman–Crippen MR) is 62.6 cm³/mol. The molecule has 0 fully saturated rings. The number of hydrogen-bond acceptors (Lipinski definition) is 4. The molecule has 0 saturated heterocycles. The zero-order valence-corrected chi connectivity index (χ0v) is 10.7. The van der Waals surface area contributed by atoms with Gasteiger partial charge in [-0.2, -0.15) is 0 Å². The summed E-state index contributed by atoms with van der Waals surface area (Å²) >= 11 is 11.5. The highest BCUT2D eigenvalue weighted by atomic mass is 35.5. The third kappa shape index (κ3) is 2.65. The fourth-order valence-corrected chi connectivity index (χ4v) is 1.61. The Bertz CT molecular complexity index is 487. The maximum Gasteiger partial charge on any atom is 0.398 e. The average Bonchev–Trinajstić information content (AvgIpc) is 2.31. The van der Waals surface area contributed by atoms with Gasteiger partial charge < -0.3 is 4.74 Å². The SMILES string of the molecule is [C-]#[N+]C(C)(C(=O)OCC)c1cc(Cl)nnc1Cl. The number of ether oxygens (including phenoxy) is 1. The first-order valence-electron chi connectivity index (χ1n) is 4.70. The third-order valence-corrected chi connectivity index (χ3v) is 2.60. The summed E-state index contributed by atoms with van der Waals surface area (Å²) in [7, 11) is 0. The van der Waals surface area contributed by atoms with Crippen LogP contribution >= 0.6 is 23.2 Å². The highest BCUT2D eigenvalue weighted by molar-refractivity contribution is 6.32. The molecule has 1 aromatic rings. The summed E-state index contributed by atoms with van der Waals surface area (Å²) in [6.45, 7) is 10.4. The number of esters is 1. The summed E-state index contributed by atoms with van der Waals surface area (Å²) in [5, 5.41) is 7.11. The molecule has 0 amide bonds. The number of nitrogens with zero attached hydrogens (tertiary/aromatic N) is 3. The van der Waals surface area contributed by atoms with Crippen molar-refractivity contribution in [2.75, 3.05) is 6.61 Å². The summed E-state index contributed by atoms with van der Waals surface area (Å²) in [4.78, 5) is 15.0. The maximum absolute atomic E-state index is 11.8. The summed E-state index contributed by atoms with van der Waals surface area (Å²) in [6.07, 6.45) is 0. The van der Waals surface area contributed by atoms with Gasteiger partial charge in [-0.1, -0.05) is 23.2 Å². The number of rotatable bonds is 3. The first kappa shape index (κ1) is 13.7. The fourth-order valence-electron chi connectivity index (χ4n) is 1.18. The van der Waals surface area contributed by atoms with E-state index < -0.39 is 11.5 Å². The minimum Gasteiger partial charge on any atom is -0.460 e. The largest absolute Gasteiger partial charge is 0.460 e. The molecule has 0 bridgehead atoms. The second-order valence-electron chi connectivity index (χ2n) is 3.28. The second-order valence-corrected chi connectivity index (χ2v) is 4.02. The van der Waals surface area contributed by atoms with Crippen LogP contribution < -0.4 is 0 Å². The van der Waals surface area contributed by atoms with E-state index in [2.05, 4.69) is 15.0 Å². The fraction of sp³-hybridized carbons (Fsp3) is 0.400. The van der Waals surface area contributed by atoms with Crippen LogP contribution in [0.3, 0.4) is 0 Å². The van der Waals surface area contributed by atoms with Crippen molar-refractivity contribution >= 4 is 29.2 Å². The van der Waals surface area contributed by atoms with Gasteiger partial charge in [0.25, 0.3) is 0 Å². The molecule has 5 nitrogen and oxygen atoms in total. The normalized spacial score (nSPS) is 13.6. The van der Waals surface area contributed by atoms with Crippen LogP contribution in [0.4, 0.5) is 0 Å². The highest BCUT2D eigenvalue weighted by Crippen LogP contribution is 2.32. The smallest absolute Gasteiger partial charge is 0.398 e. The Kier molecular flexibility index (Phi) is 4.27. The van der Waals surface area contributed by atoms with E-state index in [1.54, 1.807) is 6.92 Å². The van der Waals surface area contributed by atoms with Crippen molar-refractivity contribution in [1.29, 1.82) is 0 Å². The summed E-state index contributed by atoms with van der Waals surface area (Å²) < 4.78 is 4.84. The van der Waals surface area contributed by atoms with Gasteiger partial charge in [-0.05, 0) is 13.0 Å². The standard InChI is InChI=1S/C10H9Cl2N3O2/c1-4-17-9(16)10(2,13-3)6-5-7(11)14-15-8(6)12/h5H,4H2,1-2H3. The molecule has 0 spiro atoms. The first-order chi connectivity index (χ1) is 7.95. The zero-order valence-electron chi connectivity index (χ0n) is 9.20. The number of hydrogen-bond donors (Lipinski definition) is 0. The lowest BCUT2D eigenvalue weighted by atomic mass is 9.95. The molecule has 0 aromatic carbocycles. The molecular formula is C10H9Cl2N3O2. The van der Waals surface area contributed by atoms with E-state index in [-0.39, 0.29) is 22.5 Å². The first-order valence-corrected chi connectivity index (χ1v) is 5.46. The third-order valence-electron chi connectivity index (χ3n) is 2.14. The van der Waals surface area contributed by atoms with E-state index >= 15 is 0 Å². The van der Waals surface area contributed by atoms with Crippen LogP contribution in [0.2, 0.25) is 10.3 Å².